The second-order valence-electron chi connectivity index (χ2n) is 5.43. The molecule has 1 aromatic carbocycles. The van der Waals surface area contributed by atoms with E-state index in [9.17, 15) is 4.79 Å². The third kappa shape index (κ3) is 2.99. The third-order valence-electron chi connectivity index (χ3n) is 3.78. The highest BCUT2D eigenvalue weighted by Crippen LogP contribution is 2.24. The van der Waals surface area contributed by atoms with E-state index < -0.39 is 5.97 Å². The second-order valence-corrected chi connectivity index (χ2v) is 5.43. The Kier molecular flexibility index (Phi) is 4.29. The van der Waals surface area contributed by atoms with E-state index in [2.05, 4.69) is 15.4 Å². The van der Waals surface area contributed by atoms with Gasteiger partial charge in [0.15, 0.2) is 0 Å². The first kappa shape index (κ1) is 15.7. The van der Waals surface area contributed by atoms with Crippen molar-refractivity contribution in [3.8, 4) is 5.69 Å². The number of carbonyl (C=O) groups is 1. The molecule has 0 aliphatic heterocycles. The number of anilines is 2. The quantitative estimate of drug-likeness (QED) is 0.745. The predicted molar refractivity (Wildman–Crippen MR) is 91.9 cm³/mol. The average molecular weight is 322 g/mol. The summed E-state index contributed by atoms with van der Waals surface area (Å²) in [6.45, 7) is 4.01. The van der Waals surface area contributed by atoms with Crippen LogP contribution in [0.15, 0.2) is 48.9 Å². The van der Waals surface area contributed by atoms with Crippen LogP contribution >= 0.6 is 0 Å². The van der Waals surface area contributed by atoms with Crippen molar-refractivity contribution in [2.24, 2.45) is 0 Å². The molecule has 6 nitrogen and oxygen atoms in total. The number of aryl methyl sites for hydroxylation is 1. The molecule has 0 spiro atoms. The van der Waals surface area contributed by atoms with Crippen LogP contribution in [0.1, 0.15) is 21.6 Å². The molecule has 0 atom stereocenters. The molecule has 122 valence electrons. The predicted octanol–water partition coefficient (Wildman–Crippen LogP) is 3.41. The van der Waals surface area contributed by atoms with Crippen molar-refractivity contribution in [2.45, 2.75) is 13.8 Å². The van der Waals surface area contributed by atoms with Crippen molar-refractivity contribution in [3.63, 3.8) is 0 Å². The first-order valence-corrected chi connectivity index (χ1v) is 7.51. The number of benzene rings is 1. The van der Waals surface area contributed by atoms with Gasteiger partial charge in [0, 0.05) is 6.20 Å². The summed E-state index contributed by atoms with van der Waals surface area (Å²) in [5.41, 5.74) is 4.91. The molecular weight excluding hydrogens is 304 g/mol. The van der Waals surface area contributed by atoms with Crippen LogP contribution in [-0.2, 0) is 4.74 Å². The summed E-state index contributed by atoms with van der Waals surface area (Å²) >= 11 is 0. The summed E-state index contributed by atoms with van der Waals surface area (Å²) in [7, 11) is 1.35. The number of hydrogen-bond acceptors (Lipinski definition) is 5. The number of esters is 1. The SMILES string of the molecule is COC(=O)c1ccncc1Nc1cnn(-c2ccc(C)cc2)c1C. The monoisotopic (exact) mass is 322 g/mol. The molecule has 3 rings (SSSR count). The summed E-state index contributed by atoms with van der Waals surface area (Å²) in [6.07, 6.45) is 4.87. The van der Waals surface area contributed by atoms with Crippen LogP contribution in [0.4, 0.5) is 11.4 Å². The fraction of sp³-hybridized carbons (Fsp3) is 0.167. The van der Waals surface area contributed by atoms with E-state index in [1.165, 1.54) is 12.7 Å². The summed E-state index contributed by atoms with van der Waals surface area (Å²) in [5, 5.41) is 7.63. The smallest absolute Gasteiger partial charge is 0.340 e. The zero-order valence-corrected chi connectivity index (χ0v) is 13.8. The summed E-state index contributed by atoms with van der Waals surface area (Å²) in [6, 6.07) is 9.74. The van der Waals surface area contributed by atoms with Crippen molar-refractivity contribution in [2.75, 3.05) is 12.4 Å². The van der Waals surface area contributed by atoms with E-state index in [0.717, 1.165) is 17.1 Å². The number of methoxy groups -OCH3 is 1. The van der Waals surface area contributed by atoms with Crippen molar-refractivity contribution >= 4 is 17.3 Å². The Morgan fingerprint density at radius 1 is 1.08 bits per heavy atom. The molecule has 0 saturated heterocycles. The Morgan fingerprint density at radius 2 is 1.83 bits per heavy atom. The summed E-state index contributed by atoms with van der Waals surface area (Å²) in [4.78, 5) is 15.9. The lowest BCUT2D eigenvalue weighted by molar-refractivity contribution is 0.0602. The molecule has 0 saturated carbocycles. The lowest BCUT2D eigenvalue weighted by Gasteiger charge is -2.10. The first-order valence-electron chi connectivity index (χ1n) is 7.51. The van der Waals surface area contributed by atoms with E-state index in [1.54, 1.807) is 24.7 Å². The van der Waals surface area contributed by atoms with Crippen LogP contribution in [0.25, 0.3) is 5.69 Å². The van der Waals surface area contributed by atoms with Crippen molar-refractivity contribution in [1.29, 1.82) is 0 Å². The van der Waals surface area contributed by atoms with E-state index in [-0.39, 0.29) is 0 Å². The number of carbonyl (C=O) groups excluding carboxylic acids is 1. The molecule has 0 fully saturated rings. The number of nitrogens with one attached hydrogen (secondary N) is 1. The number of hydrogen-bond donors (Lipinski definition) is 1. The van der Waals surface area contributed by atoms with Gasteiger partial charge in [-0.25, -0.2) is 9.48 Å². The van der Waals surface area contributed by atoms with Crippen molar-refractivity contribution in [1.82, 2.24) is 14.8 Å². The minimum atomic E-state index is -0.413. The average Bonchev–Trinajstić information content (AvgIpc) is 2.96. The Bertz CT molecular complexity index is 869. The minimum absolute atomic E-state index is 0.413. The normalized spacial score (nSPS) is 10.5. The topological polar surface area (TPSA) is 69.0 Å². The number of aromatic nitrogens is 3. The van der Waals surface area contributed by atoms with Crippen molar-refractivity contribution < 1.29 is 9.53 Å². The standard InChI is InChI=1S/C18H18N4O2/c1-12-4-6-14(7-5-12)22-13(2)16(11-20-22)21-17-10-19-9-8-15(17)18(23)24-3/h4-11,21H,1-3H3. The molecule has 6 heteroatoms. The Balaban J connectivity index is 1.93. The summed E-state index contributed by atoms with van der Waals surface area (Å²) < 4.78 is 6.65. The molecule has 2 heterocycles. The fourth-order valence-electron chi connectivity index (χ4n) is 2.41. The van der Waals surface area contributed by atoms with Gasteiger partial charge in [0.1, 0.15) is 0 Å². The van der Waals surface area contributed by atoms with Gasteiger partial charge in [-0.3, -0.25) is 4.98 Å². The molecule has 24 heavy (non-hydrogen) atoms. The first-order chi connectivity index (χ1) is 11.6. The molecule has 0 aliphatic carbocycles. The number of pyridine rings is 1. The van der Waals surface area contributed by atoms with Gasteiger partial charge in [0.2, 0.25) is 0 Å². The van der Waals surface area contributed by atoms with E-state index in [4.69, 9.17) is 4.74 Å². The minimum Gasteiger partial charge on any atom is -0.465 e. The van der Waals surface area contributed by atoms with Crippen LogP contribution in [-0.4, -0.2) is 27.8 Å². The largest absolute Gasteiger partial charge is 0.465 e. The Labute approximate surface area is 140 Å². The molecule has 0 aliphatic rings. The van der Waals surface area contributed by atoms with Gasteiger partial charge in [-0.2, -0.15) is 5.10 Å². The molecule has 3 aromatic rings. The van der Waals surface area contributed by atoms with Gasteiger partial charge in [-0.05, 0) is 32.0 Å². The van der Waals surface area contributed by atoms with E-state index in [1.807, 2.05) is 42.8 Å². The van der Waals surface area contributed by atoms with E-state index >= 15 is 0 Å². The van der Waals surface area contributed by atoms with Gasteiger partial charge in [-0.1, -0.05) is 17.7 Å². The van der Waals surface area contributed by atoms with Crippen LogP contribution in [0.5, 0.6) is 0 Å². The fourth-order valence-corrected chi connectivity index (χ4v) is 2.41. The molecule has 0 amide bonds. The van der Waals surface area contributed by atoms with Crippen LogP contribution in [0.3, 0.4) is 0 Å². The highest BCUT2D eigenvalue weighted by atomic mass is 16.5. The van der Waals surface area contributed by atoms with E-state index in [0.29, 0.717) is 11.3 Å². The van der Waals surface area contributed by atoms with Gasteiger partial charge < -0.3 is 10.1 Å². The molecule has 2 aromatic heterocycles. The second kappa shape index (κ2) is 6.54. The third-order valence-corrected chi connectivity index (χ3v) is 3.78. The maximum atomic E-state index is 11.9. The van der Waals surface area contributed by atoms with Gasteiger partial charge in [0.25, 0.3) is 0 Å². The van der Waals surface area contributed by atoms with Crippen LogP contribution in [0, 0.1) is 13.8 Å². The molecule has 0 bridgehead atoms. The molecule has 0 unspecified atom stereocenters. The van der Waals surface area contributed by atoms with Crippen molar-refractivity contribution in [3.05, 3.63) is 65.7 Å². The zero-order chi connectivity index (χ0) is 17.1. The lowest BCUT2D eigenvalue weighted by Crippen LogP contribution is -2.06. The lowest BCUT2D eigenvalue weighted by atomic mass is 10.2. The van der Waals surface area contributed by atoms with Gasteiger partial charge in [0.05, 0.1) is 47.8 Å². The maximum Gasteiger partial charge on any atom is 0.340 e. The number of ether oxygens (including phenoxy) is 1. The number of nitrogens with zero attached hydrogens (tertiary/aromatic N) is 3. The highest BCUT2D eigenvalue weighted by molar-refractivity contribution is 5.96. The van der Waals surface area contributed by atoms with Crippen LogP contribution in [0.2, 0.25) is 0 Å². The van der Waals surface area contributed by atoms with Gasteiger partial charge >= 0.3 is 5.97 Å². The molecule has 1 N–H and O–H groups in total. The van der Waals surface area contributed by atoms with Gasteiger partial charge in [-0.15, -0.1) is 0 Å². The summed E-state index contributed by atoms with van der Waals surface area (Å²) in [5.74, 6) is -0.413. The highest BCUT2D eigenvalue weighted by Gasteiger charge is 2.14. The van der Waals surface area contributed by atoms with Crippen LogP contribution < -0.4 is 5.32 Å². The zero-order valence-electron chi connectivity index (χ0n) is 13.8. The Hall–Kier alpha value is -3.15. The Morgan fingerprint density at radius 3 is 2.54 bits per heavy atom. The molecule has 0 radical (unpaired) electrons. The number of rotatable bonds is 4. The maximum absolute atomic E-state index is 11.9. The molecular formula is C18H18N4O2.